The van der Waals surface area contributed by atoms with Gasteiger partial charge < -0.3 is 15.5 Å². The molecule has 4 aromatic rings. The number of hydrogen-bond donors (Lipinski definition) is 3. The number of aliphatic hydroxyl groups excluding tert-OH is 2. The van der Waals surface area contributed by atoms with Crippen LogP contribution >= 0.6 is 0 Å². The molecule has 1 fully saturated rings. The maximum Gasteiger partial charge on any atom is 0.265 e. The van der Waals surface area contributed by atoms with Crippen molar-refractivity contribution in [2.75, 3.05) is 26.2 Å². The van der Waals surface area contributed by atoms with Crippen molar-refractivity contribution in [1.29, 1.82) is 0 Å². The summed E-state index contributed by atoms with van der Waals surface area (Å²) in [4.78, 5) is 32.6. The van der Waals surface area contributed by atoms with Gasteiger partial charge in [0.25, 0.3) is 11.5 Å². The molecule has 3 N–H and O–H groups in total. The van der Waals surface area contributed by atoms with E-state index in [0.29, 0.717) is 48.3 Å². The Bertz CT molecular complexity index is 1360. The van der Waals surface area contributed by atoms with E-state index in [1.54, 1.807) is 24.4 Å². The molecule has 1 aliphatic rings. The Hall–Kier alpha value is -3.33. The van der Waals surface area contributed by atoms with E-state index in [0.717, 1.165) is 10.8 Å². The van der Waals surface area contributed by atoms with E-state index in [1.807, 2.05) is 35.2 Å². The summed E-state index contributed by atoms with van der Waals surface area (Å²) in [7, 11) is 0. The minimum Gasteiger partial charge on any atom is -0.389 e. The van der Waals surface area contributed by atoms with E-state index in [4.69, 9.17) is 4.98 Å². The van der Waals surface area contributed by atoms with E-state index < -0.39 is 12.2 Å². The van der Waals surface area contributed by atoms with Gasteiger partial charge >= 0.3 is 0 Å². The van der Waals surface area contributed by atoms with E-state index in [1.165, 1.54) is 4.40 Å². The first-order chi connectivity index (χ1) is 15.0. The summed E-state index contributed by atoms with van der Waals surface area (Å²) in [6, 6.07) is 14.7. The summed E-state index contributed by atoms with van der Waals surface area (Å²) in [5.41, 5.74) is 0.973. The highest BCUT2D eigenvalue weighted by molar-refractivity contribution is 6.07. The predicted molar refractivity (Wildman–Crippen MR) is 117 cm³/mol. The highest BCUT2D eigenvalue weighted by atomic mass is 16.3. The van der Waals surface area contributed by atoms with Gasteiger partial charge in [-0.25, -0.2) is 4.98 Å². The van der Waals surface area contributed by atoms with Gasteiger partial charge in [0.2, 0.25) is 0 Å². The van der Waals surface area contributed by atoms with Crippen molar-refractivity contribution in [3.8, 4) is 0 Å². The minimum atomic E-state index is -0.757. The smallest absolute Gasteiger partial charge is 0.265 e. The lowest BCUT2D eigenvalue weighted by atomic mass is 10.1. The third kappa shape index (κ3) is 3.44. The number of hydrogen-bond acceptors (Lipinski definition) is 6. The Kier molecular flexibility index (Phi) is 4.90. The molecule has 2 atom stereocenters. The van der Waals surface area contributed by atoms with Gasteiger partial charge in [-0.15, -0.1) is 0 Å². The first kappa shape index (κ1) is 19.6. The monoisotopic (exact) mass is 418 g/mol. The summed E-state index contributed by atoms with van der Waals surface area (Å²) in [6.45, 7) is 1.61. The van der Waals surface area contributed by atoms with Crippen LogP contribution in [0.5, 0.6) is 0 Å². The Morgan fingerprint density at radius 2 is 1.81 bits per heavy atom. The fourth-order valence-corrected chi connectivity index (χ4v) is 4.19. The SMILES string of the molecule is O=C(NCCN1C[C@@H](O)[C@H](O)C1)c1cccn2c(=O)c3ccc4ccccc4c3nc12. The molecule has 0 unspecified atom stereocenters. The third-order valence-corrected chi connectivity index (χ3v) is 5.83. The van der Waals surface area contributed by atoms with Crippen LogP contribution in [-0.4, -0.2) is 68.8 Å². The zero-order valence-corrected chi connectivity index (χ0v) is 16.7. The lowest BCUT2D eigenvalue weighted by molar-refractivity contribution is 0.0572. The van der Waals surface area contributed by atoms with Gasteiger partial charge in [-0.2, -0.15) is 0 Å². The van der Waals surface area contributed by atoms with Crippen LogP contribution in [0.2, 0.25) is 0 Å². The molecular formula is C23H22N4O4. The van der Waals surface area contributed by atoms with E-state index in [9.17, 15) is 19.8 Å². The quantitative estimate of drug-likeness (QED) is 0.334. The second-order valence-electron chi connectivity index (χ2n) is 7.87. The fourth-order valence-electron chi connectivity index (χ4n) is 4.19. The standard InChI is InChI=1S/C23H22N4O4/c28-18-12-26(13-19(18)29)11-9-24-22(30)17-6-3-10-27-21(17)25-20-15-5-2-1-4-14(15)7-8-16(20)23(27)31/h1-8,10,18-19,28-29H,9,11-13H2,(H,24,30)/t18-,19-/m1/s1. The molecular weight excluding hydrogens is 396 g/mol. The molecule has 1 amide bonds. The van der Waals surface area contributed by atoms with Gasteiger partial charge in [-0.05, 0) is 23.6 Å². The number of carbonyl (C=O) groups excluding carboxylic acids is 1. The molecule has 31 heavy (non-hydrogen) atoms. The summed E-state index contributed by atoms with van der Waals surface area (Å²) < 4.78 is 1.40. The number of aliphatic hydroxyl groups is 2. The van der Waals surface area contributed by atoms with Gasteiger partial charge in [-0.3, -0.25) is 18.9 Å². The number of likely N-dealkylation sites (tertiary alicyclic amines) is 1. The van der Waals surface area contributed by atoms with Crippen molar-refractivity contribution in [2.45, 2.75) is 12.2 Å². The molecule has 158 valence electrons. The van der Waals surface area contributed by atoms with Crippen molar-refractivity contribution >= 4 is 33.2 Å². The number of aromatic nitrogens is 2. The molecule has 2 aromatic carbocycles. The Morgan fingerprint density at radius 1 is 1.03 bits per heavy atom. The van der Waals surface area contributed by atoms with Gasteiger partial charge in [0.1, 0.15) is 0 Å². The second-order valence-corrected chi connectivity index (χ2v) is 7.87. The molecule has 1 aliphatic heterocycles. The van der Waals surface area contributed by atoms with Crippen LogP contribution in [0.4, 0.5) is 0 Å². The first-order valence-electron chi connectivity index (χ1n) is 10.2. The number of benzene rings is 2. The normalized spacial score (nSPS) is 19.4. The average Bonchev–Trinajstić information content (AvgIpc) is 3.10. The molecule has 0 radical (unpaired) electrons. The van der Waals surface area contributed by atoms with E-state index in [-0.39, 0.29) is 11.5 Å². The highest BCUT2D eigenvalue weighted by Crippen LogP contribution is 2.23. The summed E-state index contributed by atoms with van der Waals surface area (Å²) >= 11 is 0. The molecule has 2 aromatic heterocycles. The number of nitrogens with zero attached hydrogens (tertiary/aromatic N) is 3. The topological polar surface area (TPSA) is 107 Å². The van der Waals surface area contributed by atoms with Gasteiger partial charge in [0, 0.05) is 37.8 Å². The van der Waals surface area contributed by atoms with Gasteiger partial charge in [-0.1, -0.05) is 30.3 Å². The number of nitrogens with one attached hydrogen (secondary N) is 1. The van der Waals surface area contributed by atoms with Crippen LogP contribution in [0.1, 0.15) is 10.4 Å². The maximum absolute atomic E-state index is 13.1. The van der Waals surface area contributed by atoms with Crippen LogP contribution in [0.15, 0.2) is 59.5 Å². The Morgan fingerprint density at radius 3 is 2.61 bits per heavy atom. The zero-order valence-electron chi connectivity index (χ0n) is 16.7. The third-order valence-electron chi connectivity index (χ3n) is 5.83. The number of β-amino-alcohol motifs (C(OH)–C–C–N with tert-alkyl or cyclic N) is 2. The second kappa shape index (κ2) is 7.73. The number of carbonyl (C=O) groups is 1. The summed E-state index contributed by atoms with van der Waals surface area (Å²) in [5.74, 6) is -0.329. The number of rotatable bonds is 4. The molecule has 0 bridgehead atoms. The van der Waals surface area contributed by atoms with Crippen LogP contribution in [-0.2, 0) is 0 Å². The van der Waals surface area contributed by atoms with Crippen molar-refractivity contribution in [3.05, 3.63) is 70.6 Å². The number of fused-ring (bicyclic) bond motifs is 4. The molecule has 8 nitrogen and oxygen atoms in total. The van der Waals surface area contributed by atoms with Crippen molar-refractivity contribution in [1.82, 2.24) is 19.6 Å². The van der Waals surface area contributed by atoms with Crippen LogP contribution in [0, 0.1) is 0 Å². The highest BCUT2D eigenvalue weighted by Gasteiger charge is 2.29. The maximum atomic E-state index is 13.1. The molecule has 5 rings (SSSR count). The number of pyridine rings is 1. The predicted octanol–water partition coefficient (Wildman–Crippen LogP) is 0.768. The van der Waals surface area contributed by atoms with Crippen molar-refractivity contribution in [2.24, 2.45) is 0 Å². The van der Waals surface area contributed by atoms with Crippen molar-refractivity contribution in [3.63, 3.8) is 0 Å². The minimum absolute atomic E-state index is 0.222. The fraction of sp³-hybridized carbons (Fsp3) is 0.261. The lowest BCUT2D eigenvalue weighted by Gasteiger charge is -2.15. The van der Waals surface area contributed by atoms with E-state index >= 15 is 0 Å². The van der Waals surface area contributed by atoms with E-state index in [2.05, 4.69) is 5.32 Å². The molecule has 0 aliphatic carbocycles. The summed E-state index contributed by atoms with van der Waals surface area (Å²) in [6.07, 6.45) is 0.101. The van der Waals surface area contributed by atoms with Gasteiger partial charge in [0.05, 0.1) is 28.7 Å². The molecule has 1 saturated heterocycles. The molecule has 0 spiro atoms. The lowest BCUT2D eigenvalue weighted by Crippen LogP contribution is -2.35. The Labute approximate surface area is 177 Å². The Balaban J connectivity index is 1.49. The first-order valence-corrected chi connectivity index (χ1v) is 10.2. The average molecular weight is 418 g/mol. The van der Waals surface area contributed by atoms with Crippen LogP contribution in [0.25, 0.3) is 27.3 Å². The molecule has 0 saturated carbocycles. The largest absolute Gasteiger partial charge is 0.389 e. The van der Waals surface area contributed by atoms with Crippen molar-refractivity contribution < 1.29 is 15.0 Å². The summed E-state index contributed by atoms with van der Waals surface area (Å²) in [5, 5.41) is 24.5. The zero-order chi connectivity index (χ0) is 21.5. The van der Waals surface area contributed by atoms with Crippen LogP contribution in [0.3, 0.4) is 0 Å². The molecule has 8 heteroatoms. The number of amides is 1. The van der Waals surface area contributed by atoms with Crippen LogP contribution < -0.4 is 10.9 Å². The molecule has 3 heterocycles. The van der Waals surface area contributed by atoms with Gasteiger partial charge in [0.15, 0.2) is 5.65 Å².